The van der Waals surface area contributed by atoms with Crippen molar-refractivity contribution in [3.05, 3.63) is 35.9 Å². The first kappa shape index (κ1) is 28.4. The van der Waals surface area contributed by atoms with E-state index < -0.39 is 10.1 Å². The number of aryl methyl sites for hydroxylation is 1. The van der Waals surface area contributed by atoms with E-state index in [0.29, 0.717) is 5.39 Å². The van der Waals surface area contributed by atoms with Crippen LogP contribution >= 0.6 is 0 Å². The molecule has 168 valence electrons. The van der Waals surface area contributed by atoms with Crippen LogP contribution in [-0.2, 0) is 16.5 Å². The van der Waals surface area contributed by atoms with Gasteiger partial charge in [-0.1, -0.05) is 102 Å². The van der Waals surface area contributed by atoms with Gasteiger partial charge in [0.25, 0.3) is 0 Å². The fourth-order valence-corrected chi connectivity index (χ4v) is 4.81. The topological polar surface area (TPSA) is 66.4 Å². The van der Waals surface area contributed by atoms with Crippen molar-refractivity contribution < 1.29 is 47.3 Å². The second-order valence-corrected chi connectivity index (χ2v) is 9.55. The van der Waals surface area contributed by atoms with E-state index in [1.807, 2.05) is 12.1 Å². The molecular weight excluding hydrogens is 419 g/mol. The Morgan fingerprint density at radius 2 is 1.32 bits per heavy atom. The molecule has 0 saturated heterocycles. The molecule has 6 heteroatoms. The number of unbranched alkanes of at least 4 members (excludes halogenated alkanes) is 11. The van der Waals surface area contributed by atoms with Crippen LogP contribution in [-0.4, -0.2) is 20.1 Å². The summed E-state index contributed by atoms with van der Waals surface area (Å²) in [6, 6.07) is 8.90. The number of rotatable bonds is 15. The van der Waals surface area contributed by atoms with Gasteiger partial charge in [0.05, 0.1) is 12.0 Å². The number of hydrogen-bond acceptors (Lipinski definition) is 4. The van der Waals surface area contributed by atoms with Gasteiger partial charge >= 0.3 is 29.6 Å². The maximum absolute atomic E-state index is 11.5. The van der Waals surface area contributed by atoms with Gasteiger partial charge in [-0.25, -0.2) is 8.42 Å². The summed E-state index contributed by atoms with van der Waals surface area (Å²) in [5.74, 6) is 0.152. The average Bonchev–Trinajstić information content (AvgIpc) is 2.73. The van der Waals surface area contributed by atoms with Gasteiger partial charge in [0.2, 0.25) is 0 Å². The first-order valence-corrected chi connectivity index (χ1v) is 12.9. The minimum Gasteiger partial charge on any atom is -0.744 e. The van der Waals surface area contributed by atoms with Crippen molar-refractivity contribution in [1.82, 2.24) is 0 Å². The second-order valence-electron chi connectivity index (χ2n) is 8.20. The van der Waals surface area contributed by atoms with E-state index >= 15 is 0 Å². The van der Waals surface area contributed by atoms with Crippen molar-refractivity contribution in [3.63, 3.8) is 0 Å². The molecule has 31 heavy (non-hydrogen) atoms. The van der Waals surface area contributed by atoms with Gasteiger partial charge in [0.15, 0.2) is 0 Å². The van der Waals surface area contributed by atoms with Crippen LogP contribution in [0.15, 0.2) is 35.2 Å². The third-order valence-corrected chi connectivity index (χ3v) is 6.70. The van der Waals surface area contributed by atoms with Gasteiger partial charge in [0, 0.05) is 5.39 Å². The quantitative estimate of drug-likeness (QED) is 0.231. The van der Waals surface area contributed by atoms with Crippen LogP contribution in [0, 0.1) is 0 Å². The molecule has 0 fully saturated rings. The molecule has 0 aliphatic carbocycles. The van der Waals surface area contributed by atoms with Crippen molar-refractivity contribution in [2.24, 2.45) is 0 Å². The Balaban J connectivity index is 0.00000480. The van der Waals surface area contributed by atoms with E-state index in [0.717, 1.165) is 18.2 Å². The fraction of sp³-hybridized carbons (Fsp3) is 0.600. The van der Waals surface area contributed by atoms with Gasteiger partial charge in [-0.2, -0.15) is 0 Å². The summed E-state index contributed by atoms with van der Waals surface area (Å²) in [6.07, 6.45) is 16.8. The Morgan fingerprint density at radius 3 is 1.84 bits per heavy atom. The van der Waals surface area contributed by atoms with E-state index in [4.69, 9.17) is 4.74 Å². The van der Waals surface area contributed by atoms with Crippen LogP contribution in [0.4, 0.5) is 0 Å². The Labute approximate surface area is 211 Å². The number of methoxy groups -OCH3 is 1. The normalized spacial score (nSPS) is 11.5. The third kappa shape index (κ3) is 9.43. The molecule has 0 unspecified atom stereocenters. The van der Waals surface area contributed by atoms with Gasteiger partial charge in [0.1, 0.15) is 15.9 Å². The summed E-state index contributed by atoms with van der Waals surface area (Å²) in [7, 11) is -3.16. The zero-order chi connectivity index (χ0) is 21.8. The molecule has 0 bridgehead atoms. The third-order valence-electron chi connectivity index (χ3n) is 5.84. The zero-order valence-corrected chi connectivity index (χ0v) is 22.4. The van der Waals surface area contributed by atoms with Crippen molar-refractivity contribution in [2.45, 2.75) is 95.3 Å². The molecule has 0 aliphatic heterocycles. The summed E-state index contributed by atoms with van der Waals surface area (Å²) >= 11 is 0. The summed E-state index contributed by atoms with van der Waals surface area (Å²) in [5.41, 5.74) is 1.17. The molecule has 2 rings (SSSR count). The fourth-order valence-electron chi connectivity index (χ4n) is 4.16. The minimum absolute atomic E-state index is 0. The van der Waals surface area contributed by atoms with Crippen molar-refractivity contribution in [1.29, 1.82) is 0 Å². The molecule has 0 atom stereocenters. The van der Waals surface area contributed by atoms with Gasteiger partial charge in [-0.15, -0.1) is 0 Å². The maximum Gasteiger partial charge on any atom is 1.00 e. The molecule has 0 N–H and O–H groups in total. The van der Waals surface area contributed by atoms with Gasteiger partial charge < -0.3 is 9.29 Å². The van der Waals surface area contributed by atoms with Crippen molar-refractivity contribution in [3.8, 4) is 5.75 Å². The van der Waals surface area contributed by atoms with Crippen LogP contribution in [0.2, 0.25) is 0 Å². The summed E-state index contributed by atoms with van der Waals surface area (Å²) in [5, 5.41) is 1.65. The first-order chi connectivity index (χ1) is 14.5. The Kier molecular flexibility index (Phi) is 14.0. The molecule has 2 aromatic rings. The molecule has 0 amide bonds. The van der Waals surface area contributed by atoms with Crippen LogP contribution in [0.3, 0.4) is 0 Å². The van der Waals surface area contributed by atoms with Crippen molar-refractivity contribution >= 4 is 20.9 Å². The number of hydrogen-bond donors (Lipinski definition) is 0. The average molecular weight is 457 g/mol. The molecule has 0 radical (unpaired) electrons. The zero-order valence-electron chi connectivity index (χ0n) is 19.6. The van der Waals surface area contributed by atoms with Crippen LogP contribution in [0.1, 0.15) is 89.5 Å². The predicted molar refractivity (Wildman–Crippen MR) is 123 cm³/mol. The Bertz CT molecular complexity index is 880. The van der Waals surface area contributed by atoms with Crippen LogP contribution in [0.25, 0.3) is 10.8 Å². The smallest absolute Gasteiger partial charge is 0.744 e. The van der Waals surface area contributed by atoms with Crippen LogP contribution in [0.5, 0.6) is 5.75 Å². The molecular formula is C25H37NaO4S. The largest absolute Gasteiger partial charge is 1.00 e. The second kappa shape index (κ2) is 15.3. The SMILES string of the molecule is CCCCCCCCCCCCCCc1cccc2c(OC)c(S(=O)(=O)[O-])ccc12.[Na+]. The van der Waals surface area contributed by atoms with E-state index in [9.17, 15) is 13.0 Å². The Morgan fingerprint density at radius 1 is 0.774 bits per heavy atom. The van der Waals surface area contributed by atoms with E-state index in [-0.39, 0.29) is 40.2 Å². The summed E-state index contributed by atoms with van der Waals surface area (Å²) in [6.45, 7) is 2.26. The number of ether oxygens (including phenoxy) is 1. The predicted octanol–water partition coefficient (Wildman–Crippen LogP) is 4.00. The number of benzene rings is 2. The van der Waals surface area contributed by atoms with E-state index in [1.165, 1.54) is 89.4 Å². The summed E-state index contributed by atoms with van der Waals surface area (Å²) < 4.78 is 39.8. The molecule has 4 nitrogen and oxygen atoms in total. The summed E-state index contributed by atoms with van der Waals surface area (Å²) in [4.78, 5) is -0.292. The minimum atomic E-state index is -4.57. The number of fused-ring (bicyclic) bond motifs is 1. The maximum atomic E-state index is 11.5. The van der Waals surface area contributed by atoms with E-state index in [2.05, 4.69) is 13.0 Å². The standard InChI is InChI=1S/C25H38O4S.Na/c1-3-4-5-6-7-8-9-10-11-12-13-14-16-21-17-15-18-23-22(21)19-20-24(25(23)29-2)30(26,27)28;/h15,17-20H,3-14,16H2,1-2H3,(H,26,27,28);/q;+1/p-1. The van der Waals surface area contributed by atoms with Crippen molar-refractivity contribution in [2.75, 3.05) is 7.11 Å². The molecule has 0 saturated carbocycles. The first-order valence-electron chi connectivity index (χ1n) is 11.5. The van der Waals surface area contributed by atoms with E-state index in [1.54, 1.807) is 6.07 Å². The van der Waals surface area contributed by atoms with Crippen LogP contribution < -0.4 is 34.3 Å². The monoisotopic (exact) mass is 456 g/mol. The molecule has 0 aliphatic rings. The molecule has 2 aromatic carbocycles. The molecule has 0 aromatic heterocycles. The van der Waals surface area contributed by atoms with Gasteiger partial charge in [-0.3, -0.25) is 0 Å². The Hall–Kier alpha value is -0.590. The molecule has 0 heterocycles. The molecule has 0 spiro atoms. The van der Waals surface area contributed by atoms with Gasteiger partial charge in [-0.05, 0) is 29.9 Å².